The van der Waals surface area contributed by atoms with E-state index in [9.17, 15) is 0 Å². The summed E-state index contributed by atoms with van der Waals surface area (Å²) in [6, 6.07) is 0. The molecule has 1 saturated carbocycles. The zero-order valence-electron chi connectivity index (χ0n) is 9.04. The molecule has 0 saturated heterocycles. The first-order valence-corrected chi connectivity index (χ1v) is 4.95. The van der Waals surface area contributed by atoms with Gasteiger partial charge < -0.3 is 0 Å². The van der Waals surface area contributed by atoms with Crippen molar-refractivity contribution in [3.63, 3.8) is 0 Å². The Bertz CT molecular complexity index is 241. The predicted octanol–water partition coefficient (Wildman–Crippen LogP) is 3.76. The van der Waals surface area contributed by atoms with Gasteiger partial charge >= 0.3 is 0 Å². The van der Waals surface area contributed by atoms with Crippen molar-refractivity contribution in [3.05, 3.63) is 10.4 Å². The van der Waals surface area contributed by atoms with Gasteiger partial charge in [0.25, 0.3) is 0 Å². The van der Waals surface area contributed by atoms with Crippen LogP contribution in [0.25, 0.3) is 10.4 Å². The standard InChI is InChI=1S/C10H19N3/c1-8-5-6-10(4,7-12-13-11)9(8,2)3/h8H,5-7H2,1-4H3. The average Bonchev–Trinajstić information content (AvgIpc) is 2.27. The molecule has 74 valence electrons. The van der Waals surface area contributed by atoms with Crippen LogP contribution in [-0.2, 0) is 0 Å². The molecule has 2 unspecified atom stereocenters. The molecule has 0 aromatic heterocycles. The molecular weight excluding hydrogens is 162 g/mol. The summed E-state index contributed by atoms with van der Waals surface area (Å²) in [5.41, 5.74) is 8.82. The molecule has 0 spiro atoms. The van der Waals surface area contributed by atoms with E-state index in [0.717, 1.165) is 5.92 Å². The molecule has 0 amide bonds. The Morgan fingerprint density at radius 2 is 2.08 bits per heavy atom. The average molecular weight is 181 g/mol. The summed E-state index contributed by atoms with van der Waals surface area (Å²) < 4.78 is 0. The van der Waals surface area contributed by atoms with Crippen molar-refractivity contribution in [1.29, 1.82) is 0 Å². The first-order chi connectivity index (χ1) is 5.94. The molecule has 0 aromatic rings. The monoisotopic (exact) mass is 181 g/mol. The van der Waals surface area contributed by atoms with Crippen LogP contribution in [-0.4, -0.2) is 6.54 Å². The Kier molecular flexibility index (Phi) is 2.58. The normalized spacial score (nSPS) is 37.1. The third kappa shape index (κ3) is 1.53. The fourth-order valence-corrected chi connectivity index (χ4v) is 2.28. The van der Waals surface area contributed by atoms with Gasteiger partial charge in [-0.15, -0.1) is 0 Å². The van der Waals surface area contributed by atoms with Crippen LogP contribution in [0.5, 0.6) is 0 Å². The van der Waals surface area contributed by atoms with Crippen molar-refractivity contribution in [2.75, 3.05) is 6.54 Å². The smallest absolute Gasteiger partial charge is 0.0317 e. The van der Waals surface area contributed by atoms with E-state index in [0.29, 0.717) is 12.0 Å². The van der Waals surface area contributed by atoms with Crippen LogP contribution >= 0.6 is 0 Å². The third-order valence-electron chi connectivity index (χ3n) is 4.40. The molecule has 0 N–H and O–H groups in total. The lowest BCUT2D eigenvalue weighted by Gasteiger charge is -2.40. The third-order valence-corrected chi connectivity index (χ3v) is 4.40. The number of hydrogen-bond acceptors (Lipinski definition) is 1. The van der Waals surface area contributed by atoms with Crippen LogP contribution in [0.4, 0.5) is 0 Å². The Morgan fingerprint density at radius 3 is 2.46 bits per heavy atom. The van der Waals surface area contributed by atoms with Crippen molar-refractivity contribution >= 4 is 0 Å². The number of hydrogen-bond donors (Lipinski definition) is 0. The summed E-state index contributed by atoms with van der Waals surface area (Å²) >= 11 is 0. The van der Waals surface area contributed by atoms with Crippen molar-refractivity contribution in [1.82, 2.24) is 0 Å². The van der Waals surface area contributed by atoms with Crippen LogP contribution < -0.4 is 0 Å². The highest BCUT2D eigenvalue weighted by atomic mass is 15.1. The highest BCUT2D eigenvalue weighted by Crippen LogP contribution is 2.55. The van der Waals surface area contributed by atoms with E-state index in [-0.39, 0.29) is 5.41 Å². The fraction of sp³-hybridized carbons (Fsp3) is 1.00. The van der Waals surface area contributed by atoms with Crippen molar-refractivity contribution in [2.45, 2.75) is 40.5 Å². The first-order valence-electron chi connectivity index (χ1n) is 4.95. The molecule has 0 radical (unpaired) electrons. The molecule has 0 heterocycles. The molecule has 1 fully saturated rings. The van der Waals surface area contributed by atoms with Gasteiger partial charge in [0.1, 0.15) is 0 Å². The number of azide groups is 1. The van der Waals surface area contributed by atoms with Gasteiger partial charge in [0.15, 0.2) is 0 Å². The van der Waals surface area contributed by atoms with E-state index < -0.39 is 0 Å². The Hall–Kier alpha value is -0.690. The molecule has 0 aromatic carbocycles. The van der Waals surface area contributed by atoms with Crippen LogP contribution in [0.3, 0.4) is 0 Å². The Morgan fingerprint density at radius 1 is 1.46 bits per heavy atom. The van der Waals surface area contributed by atoms with Crippen molar-refractivity contribution < 1.29 is 0 Å². The summed E-state index contributed by atoms with van der Waals surface area (Å²) in [6.45, 7) is 9.75. The summed E-state index contributed by atoms with van der Waals surface area (Å²) in [5, 5.41) is 3.74. The molecule has 0 bridgehead atoms. The lowest BCUT2D eigenvalue weighted by Crippen LogP contribution is -2.35. The molecule has 1 rings (SSSR count). The molecular formula is C10H19N3. The van der Waals surface area contributed by atoms with Gasteiger partial charge in [-0.1, -0.05) is 32.8 Å². The quantitative estimate of drug-likeness (QED) is 0.354. The van der Waals surface area contributed by atoms with E-state index >= 15 is 0 Å². The van der Waals surface area contributed by atoms with E-state index in [1.165, 1.54) is 12.8 Å². The van der Waals surface area contributed by atoms with Gasteiger partial charge in [0, 0.05) is 11.5 Å². The second-order valence-corrected chi connectivity index (χ2v) is 5.11. The highest BCUT2D eigenvalue weighted by Gasteiger charge is 2.48. The van der Waals surface area contributed by atoms with E-state index in [4.69, 9.17) is 5.53 Å². The molecule has 2 atom stereocenters. The van der Waals surface area contributed by atoms with Gasteiger partial charge in [-0.25, -0.2) is 0 Å². The van der Waals surface area contributed by atoms with Gasteiger partial charge in [-0.2, -0.15) is 0 Å². The second kappa shape index (κ2) is 3.22. The van der Waals surface area contributed by atoms with Gasteiger partial charge in [-0.05, 0) is 35.1 Å². The molecule has 1 aliphatic rings. The maximum Gasteiger partial charge on any atom is 0.0317 e. The van der Waals surface area contributed by atoms with Crippen LogP contribution in [0.15, 0.2) is 5.11 Å². The summed E-state index contributed by atoms with van der Waals surface area (Å²) in [4.78, 5) is 2.86. The van der Waals surface area contributed by atoms with Gasteiger partial charge in [0.05, 0.1) is 0 Å². The minimum Gasteiger partial charge on any atom is -0.0934 e. The Labute approximate surface area is 80.2 Å². The van der Waals surface area contributed by atoms with Crippen LogP contribution in [0.2, 0.25) is 0 Å². The minimum absolute atomic E-state index is 0.193. The molecule has 1 aliphatic carbocycles. The largest absolute Gasteiger partial charge is 0.0934 e. The van der Waals surface area contributed by atoms with E-state index in [1.807, 2.05) is 0 Å². The van der Waals surface area contributed by atoms with Crippen LogP contribution in [0.1, 0.15) is 40.5 Å². The molecule has 0 aliphatic heterocycles. The molecule has 3 heteroatoms. The summed E-state index contributed by atoms with van der Waals surface area (Å²) in [6.07, 6.45) is 2.44. The number of nitrogens with zero attached hydrogens (tertiary/aromatic N) is 3. The van der Waals surface area contributed by atoms with Gasteiger partial charge in [0.2, 0.25) is 0 Å². The minimum atomic E-state index is 0.193. The first kappa shape index (κ1) is 10.4. The SMILES string of the molecule is CC1CCC(C)(CN=[N+]=[N-])C1(C)C. The lowest BCUT2D eigenvalue weighted by atomic mass is 9.66. The second-order valence-electron chi connectivity index (χ2n) is 5.11. The molecule has 3 nitrogen and oxygen atoms in total. The number of rotatable bonds is 2. The van der Waals surface area contributed by atoms with Gasteiger partial charge in [-0.3, -0.25) is 0 Å². The fourth-order valence-electron chi connectivity index (χ4n) is 2.28. The maximum absolute atomic E-state index is 8.34. The zero-order valence-corrected chi connectivity index (χ0v) is 9.04. The summed E-state index contributed by atoms with van der Waals surface area (Å²) in [5.74, 6) is 0.728. The van der Waals surface area contributed by atoms with Crippen LogP contribution in [0, 0.1) is 16.7 Å². The predicted molar refractivity (Wildman–Crippen MR) is 54.3 cm³/mol. The summed E-state index contributed by atoms with van der Waals surface area (Å²) in [7, 11) is 0. The van der Waals surface area contributed by atoms with Crippen molar-refractivity contribution in [3.8, 4) is 0 Å². The van der Waals surface area contributed by atoms with E-state index in [1.54, 1.807) is 0 Å². The maximum atomic E-state index is 8.34. The topological polar surface area (TPSA) is 48.8 Å². The van der Waals surface area contributed by atoms with E-state index in [2.05, 4.69) is 37.7 Å². The molecule has 13 heavy (non-hydrogen) atoms. The Balaban J connectivity index is 2.84. The van der Waals surface area contributed by atoms with Crippen molar-refractivity contribution in [2.24, 2.45) is 21.9 Å². The highest BCUT2D eigenvalue weighted by molar-refractivity contribution is 4.99. The lowest BCUT2D eigenvalue weighted by molar-refractivity contribution is 0.105. The zero-order chi connectivity index (χ0) is 10.1.